The number of benzene rings is 1. The van der Waals surface area contributed by atoms with E-state index in [-0.39, 0.29) is 11.5 Å². The summed E-state index contributed by atoms with van der Waals surface area (Å²) in [5, 5.41) is 0. The van der Waals surface area contributed by atoms with Gasteiger partial charge in [-0.15, -0.1) is 0 Å². The molecule has 1 aromatic rings. The van der Waals surface area contributed by atoms with Crippen molar-refractivity contribution < 1.29 is 9.53 Å². The fourth-order valence-corrected chi connectivity index (χ4v) is 3.50. The minimum atomic E-state index is -0.147. The number of rotatable bonds is 2. The van der Waals surface area contributed by atoms with Gasteiger partial charge in [0.05, 0.1) is 5.41 Å². The van der Waals surface area contributed by atoms with Crippen LogP contribution >= 0.6 is 15.9 Å². The molecule has 2 nitrogen and oxygen atoms in total. The van der Waals surface area contributed by atoms with Gasteiger partial charge in [-0.1, -0.05) is 35.2 Å². The summed E-state index contributed by atoms with van der Waals surface area (Å²) in [5.41, 5.74) is -0.147. The number of carbonyl (C=O) groups is 1. The molecule has 0 amide bonds. The van der Waals surface area contributed by atoms with Crippen LogP contribution in [-0.2, 0) is 4.79 Å². The Morgan fingerprint density at radius 3 is 2.39 bits per heavy atom. The molecule has 0 aromatic heterocycles. The lowest BCUT2D eigenvalue weighted by Crippen LogP contribution is -2.57. The zero-order valence-electron chi connectivity index (χ0n) is 10.3. The van der Waals surface area contributed by atoms with Crippen LogP contribution in [0.3, 0.4) is 0 Å². The lowest BCUT2D eigenvalue weighted by atomic mass is 9.57. The first-order chi connectivity index (χ1) is 8.71. The topological polar surface area (TPSA) is 26.3 Å². The van der Waals surface area contributed by atoms with Crippen LogP contribution in [0.4, 0.5) is 0 Å². The van der Waals surface area contributed by atoms with Crippen molar-refractivity contribution in [3.05, 3.63) is 28.7 Å². The molecule has 0 heterocycles. The molecule has 18 heavy (non-hydrogen) atoms. The fourth-order valence-electron chi connectivity index (χ4n) is 3.23. The molecule has 96 valence electrons. The van der Waals surface area contributed by atoms with E-state index in [4.69, 9.17) is 4.74 Å². The average Bonchev–Trinajstić information content (AvgIpc) is 2.42. The fraction of sp³-hybridized carbons (Fsp3) is 0.533. The highest BCUT2D eigenvalue weighted by molar-refractivity contribution is 9.10. The van der Waals surface area contributed by atoms with Crippen LogP contribution in [0, 0.1) is 5.41 Å². The van der Waals surface area contributed by atoms with Gasteiger partial charge in [0.25, 0.3) is 0 Å². The molecule has 1 aromatic carbocycles. The molecule has 0 aliphatic heterocycles. The van der Waals surface area contributed by atoms with E-state index < -0.39 is 0 Å². The summed E-state index contributed by atoms with van der Waals surface area (Å²) in [6.07, 6.45) is 6.35. The van der Waals surface area contributed by atoms with E-state index in [0.717, 1.165) is 23.1 Å². The molecule has 2 saturated carbocycles. The van der Waals surface area contributed by atoms with Crippen molar-refractivity contribution in [2.45, 2.75) is 44.6 Å². The van der Waals surface area contributed by atoms with Crippen LogP contribution in [0.2, 0.25) is 0 Å². The Hall–Kier alpha value is -0.830. The van der Waals surface area contributed by atoms with Gasteiger partial charge < -0.3 is 4.74 Å². The van der Waals surface area contributed by atoms with Gasteiger partial charge in [0.15, 0.2) is 0 Å². The van der Waals surface area contributed by atoms with Crippen molar-refractivity contribution in [1.82, 2.24) is 0 Å². The third-order valence-electron chi connectivity index (χ3n) is 4.38. The van der Waals surface area contributed by atoms with Crippen molar-refractivity contribution in [3.8, 4) is 5.75 Å². The predicted molar refractivity (Wildman–Crippen MR) is 73.7 cm³/mol. The minimum absolute atomic E-state index is 0.103. The molecule has 0 radical (unpaired) electrons. The number of Topliss-reactive ketones (excluding diaryl/α,β-unsaturated/α-hetero) is 1. The van der Waals surface area contributed by atoms with Crippen molar-refractivity contribution in [2.75, 3.05) is 0 Å². The second-order valence-corrected chi connectivity index (χ2v) is 6.32. The number of hydrogen-bond donors (Lipinski definition) is 0. The Labute approximate surface area is 116 Å². The molecule has 3 rings (SSSR count). The molecule has 3 heteroatoms. The molecule has 2 fully saturated rings. The SMILES string of the molecule is O=C1CC(Oc2ccc(Br)cc2)C12CCCCC2. The van der Waals surface area contributed by atoms with Crippen molar-refractivity contribution in [2.24, 2.45) is 5.41 Å². The predicted octanol–water partition coefficient (Wildman–Crippen LogP) is 4.12. The molecule has 1 spiro atoms. The maximum Gasteiger partial charge on any atom is 0.146 e. The zero-order chi connectivity index (χ0) is 12.6. The normalized spacial score (nSPS) is 25.8. The number of hydrogen-bond acceptors (Lipinski definition) is 2. The maximum atomic E-state index is 12.0. The summed E-state index contributed by atoms with van der Waals surface area (Å²) in [6.45, 7) is 0. The highest BCUT2D eigenvalue weighted by Crippen LogP contribution is 2.50. The van der Waals surface area contributed by atoms with E-state index in [0.29, 0.717) is 12.2 Å². The molecule has 0 bridgehead atoms. The summed E-state index contributed by atoms with van der Waals surface area (Å²) >= 11 is 3.41. The van der Waals surface area contributed by atoms with Gasteiger partial charge in [0, 0.05) is 10.9 Å². The van der Waals surface area contributed by atoms with Crippen molar-refractivity contribution in [3.63, 3.8) is 0 Å². The first kappa shape index (κ1) is 12.2. The van der Waals surface area contributed by atoms with Crippen LogP contribution in [-0.4, -0.2) is 11.9 Å². The van der Waals surface area contributed by atoms with Gasteiger partial charge in [0.2, 0.25) is 0 Å². The highest BCUT2D eigenvalue weighted by atomic mass is 79.9. The van der Waals surface area contributed by atoms with E-state index >= 15 is 0 Å². The summed E-state index contributed by atoms with van der Waals surface area (Å²) in [7, 11) is 0. The lowest BCUT2D eigenvalue weighted by molar-refractivity contribution is -0.156. The Morgan fingerprint density at radius 2 is 1.78 bits per heavy atom. The number of carbonyl (C=O) groups excluding carboxylic acids is 1. The zero-order valence-corrected chi connectivity index (χ0v) is 11.9. The molecule has 1 unspecified atom stereocenters. The van der Waals surface area contributed by atoms with Crippen molar-refractivity contribution in [1.29, 1.82) is 0 Å². The standard InChI is InChI=1S/C15H17BrO2/c16-11-4-6-12(7-5-11)18-14-10-13(17)15(14)8-2-1-3-9-15/h4-7,14H,1-3,8-10H2. The molecule has 0 saturated heterocycles. The van der Waals surface area contributed by atoms with Gasteiger partial charge in [-0.2, -0.15) is 0 Å². The molecule has 0 N–H and O–H groups in total. The molecule has 2 aliphatic rings. The van der Waals surface area contributed by atoms with Crippen LogP contribution in [0.25, 0.3) is 0 Å². The van der Waals surface area contributed by atoms with Gasteiger partial charge in [-0.3, -0.25) is 4.79 Å². The maximum absolute atomic E-state index is 12.0. The monoisotopic (exact) mass is 308 g/mol. The van der Waals surface area contributed by atoms with Gasteiger partial charge in [0.1, 0.15) is 17.6 Å². The van der Waals surface area contributed by atoms with E-state index in [9.17, 15) is 4.79 Å². The van der Waals surface area contributed by atoms with Crippen LogP contribution in [0.1, 0.15) is 38.5 Å². The number of ether oxygens (including phenoxy) is 1. The molecular formula is C15H17BrO2. The highest BCUT2D eigenvalue weighted by Gasteiger charge is 2.56. The molecular weight excluding hydrogens is 292 g/mol. The van der Waals surface area contributed by atoms with Crippen LogP contribution in [0.15, 0.2) is 28.7 Å². The summed E-state index contributed by atoms with van der Waals surface area (Å²) in [6, 6.07) is 7.87. The van der Waals surface area contributed by atoms with Crippen molar-refractivity contribution >= 4 is 21.7 Å². The second-order valence-electron chi connectivity index (χ2n) is 5.40. The van der Waals surface area contributed by atoms with Crippen LogP contribution in [0.5, 0.6) is 5.75 Å². The summed E-state index contributed by atoms with van der Waals surface area (Å²) in [5.74, 6) is 1.30. The largest absolute Gasteiger partial charge is 0.489 e. The summed E-state index contributed by atoms with van der Waals surface area (Å²) in [4.78, 5) is 12.0. The first-order valence-corrected chi connectivity index (χ1v) is 7.45. The third kappa shape index (κ3) is 1.99. The Morgan fingerprint density at radius 1 is 1.11 bits per heavy atom. The smallest absolute Gasteiger partial charge is 0.146 e. The Bertz CT molecular complexity index is 446. The lowest BCUT2D eigenvalue weighted by Gasteiger charge is -2.49. The number of halogens is 1. The molecule has 1 atom stereocenters. The summed E-state index contributed by atoms with van der Waals surface area (Å²) < 4.78 is 7.08. The van der Waals surface area contributed by atoms with Gasteiger partial charge in [-0.05, 0) is 37.1 Å². The average molecular weight is 309 g/mol. The quantitative estimate of drug-likeness (QED) is 0.821. The minimum Gasteiger partial charge on any atom is -0.489 e. The third-order valence-corrected chi connectivity index (χ3v) is 4.91. The Kier molecular flexibility index (Phi) is 3.18. The van der Waals surface area contributed by atoms with E-state index in [1.807, 2.05) is 24.3 Å². The van der Waals surface area contributed by atoms with E-state index in [1.54, 1.807) is 0 Å². The van der Waals surface area contributed by atoms with Gasteiger partial charge >= 0.3 is 0 Å². The first-order valence-electron chi connectivity index (χ1n) is 6.66. The van der Waals surface area contributed by atoms with Crippen LogP contribution < -0.4 is 4.74 Å². The molecule has 2 aliphatic carbocycles. The second kappa shape index (κ2) is 4.69. The Balaban J connectivity index is 1.73. The van der Waals surface area contributed by atoms with E-state index in [1.165, 1.54) is 19.3 Å². The van der Waals surface area contributed by atoms with Gasteiger partial charge in [-0.25, -0.2) is 0 Å². The number of ketones is 1. The van der Waals surface area contributed by atoms with E-state index in [2.05, 4.69) is 15.9 Å².